The van der Waals surface area contributed by atoms with Gasteiger partial charge < -0.3 is 15.5 Å². The van der Waals surface area contributed by atoms with E-state index in [2.05, 4.69) is 10.6 Å². The third-order valence-corrected chi connectivity index (χ3v) is 3.09. The molecule has 2 fully saturated rings. The Morgan fingerprint density at radius 1 is 1.21 bits per heavy atom. The molecule has 1 saturated carbocycles. The van der Waals surface area contributed by atoms with Crippen molar-refractivity contribution in [3.05, 3.63) is 0 Å². The molecule has 1 aliphatic carbocycles. The zero-order valence-electron chi connectivity index (χ0n) is 8.59. The molecule has 0 aromatic rings. The lowest BCUT2D eigenvalue weighted by Gasteiger charge is -2.28. The van der Waals surface area contributed by atoms with Gasteiger partial charge in [0.25, 0.3) is 0 Å². The summed E-state index contributed by atoms with van der Waals surface area (Å²) >= 11 is 0. The van der Waals surface area contributed by atoms with Gasteiger partial charge in [-0.3, -0.25) is 0 Å². The van der Waals surface area contributed by atoms with E-state index in [1.165, 1.54) is 12.8 Å². The van der Waals surface area contributed by atoms with Crippen molar-refractivity contribution in [2.75, 3.05) is 26.2 Å². The quantitative estimate of drug-likeness (QED) is 0.644. The van der Waals surface area contributed by atoms with Crippen LogP contribution < -0.4 is 10.6 Å². The van der Waals surface area contributed by atoms with E-state index in [9.17, 15) is 4.79 Å². The summed E-state index contributed by atoms with van der Waals surface area (Å²) in [7, 11) is 0. The number of hydrogen-bond acceptors (Lipinski definition) is 2. The van der Waals surface area contributed by atoms with Gasteiger partial charge in [0, 0.05) is 32.2 Å². The summed E-state index contributed by atoms with van der Waals surface area (Å²) in [6.45, 7) is 3.55. The maximum atomic E-state index is 11.7. The number of amides is 2. The predicted molar refractivity (Wildman–Crippen MR) is 55.2 cm³/mol. The van der Waals surface area contributed by atoms with Gasteiger partial charge in [-0.05, 0) is 12.8 Å². The van der Waals surface area contributed by atoms with Crippen LogP contribution in [-0.2, 0) is 0 Å². The van der Waals surface area contributed by atoms with Gasteiger partial charge in [0.2, 0.25) is 0 Å². The van der Waals surface area contributed by atoms with Gasteiger partial charge in [-0.25, -0.2) is 4.79 Å². The van der Waals surface area contributed by atoms with Crippen molar-refractivity contribution < 1.29 is 4.79 Å². The highest BCUT2D eigenvalue weighted by Gasteiger charge is 2.21. The standard InChI is InChI=1S/C10H19N3O/c14-10(12-9-3-1-2-4-9)13-7-5-11-6-8-13/h9,11H,1-8H2,(H,12,14). The zero-order valence-corrected chi connectivity index (χ0v) is 8.59. The maximum absolute atomic E-state index is 11.7. The molecule has 1 heterocycles. The lowest BCUT2D eigenvalue weighted by molar-refractivity contribution is 0.186. The predicted octanol–water partition coefficient (Wildman–Crippen LogP) is 0.544. The van der Waals surface area contributed by atoms with Crippen LogP contribution in [0.2, 0.25) is 0 Å². The first-order chi connectivity index (χ1) is 6.86. The Morgan fingerprint density at radius 3 is 2.50 bits per heavy atom. The minimum atomic E-state index is 0.137. The van der Waals surface area contributed by atoms with Crippen LogP contribution in [0.1, 0.15) is 25.7 Å². The van der Waals surface area contributed by atoms with E-state index in [1.807, 2.05) is 4.90 Å². The number of hydrogen-bond donors (Lipinski definition) is 2. The van der Waals surface area contributed by atoms with Crippen molar-refractivity contribution in [1.29, 1.82) is 0 Å². The molecule has 1 saturated heterocycles. The molecule has 0 unspecified atom stereocenters. The van der Waals surface area contributed by atoms with Gasteiger partial charge in [-0.1, -0.05) is 12.8 Å². The van der Waals surface area contributed by atoms with Crippen molar-refractivity contribution in [3.63, 3.8) is 0 Å². The number of nitrogens with zero attached hydrogens (tertiary/aromatic N) is 1. The number of carbonyl (C=O) groups excluding carboxylic acids is 1. The fraction of sp³-hybridized carbons (Fsp3) is 0.900. The molecule has 80 valence electrons. The molecule has 2 aliphatic rings. The highest BCUT2D eigenvalue weighted by Crippen LogP contribution is 2.17. The van der Waals surface area contributed by atoms with Crippen molar-refractivity contribution in [3.8, 4) is 0 Å². The Kier molecular flexibility index (Phi) is 3.24. The molecule has 0 radical (unpaired) electrons. The zero-order chi connectivity index (χ0) is 9.80. The van der Waals surface area contributed by atoms with Crippen LogP contribution in [0.4, 0.5) is 4.79 Å². The van der Waals surface area contributed by atoms with Crippen LogP contribution >= 0.6 is 0 Å². The topological polar surface area (TPSA) is 44.4 Å². The van der Waals surface area contributed by atoms with Gasteiger partial charge in [-0.15, -0.1) is 0 Å². The fourth-order valence-corrected chi connectivity index (χ4v) is 2.20. The first-order valence-corrected chi connectivity index (χ1v) is 5.62. The van der Waals surface area contributed by atoms with Crippen molar-refractivity contribution >= 4 is 6.03 Å². The van der Waals surface area contributed by atoms with Gasteiger partial charge >= 0.3 is 6.03 Å². The Balaban J connectivity index is 1.75. The van der Waals surface area contributed by atoms with Crippen LogP contribution in [0.5, 0.6) is 0 Å². The summed E-state index contributed by atoms with van der Waals surface area (Å²) in [6, 6.07) is 0.579. The molecule has 1 aliphatic heterocycles. The van der Waals surface area contributed by atoms with Crippen LogP contribution in [0, 0.1) is 0 Å². The van der Waals surface area contributed by atoms with Crippen LogP contribution in [0.15, 0.2) is 0 Å². The summed E-state index contributed by atoms with van der Waals surface area (Å²) in [5.74, 6) is 0. The molecule has 2 rings (SSSR count). The van der Waals surface area contributed by atoms with E-state index >= 15 is 0 Å². The fourth-order valence-electron chi connectivity index (χ4n) is 2.20. The highest BCUT2D eigenvalue weighted by molar-refractivity contribution is 5.74. The van der Waals surface area contributed by atoms with E-state index in [-0.39, 0.29) is 6.03 Å². The summed E-state index contributed by atoms with van der Waals surface area (Å²) in [4.78, 5) is 13.7. The third kappa shape index (κ3) is 2.38. The van der Waals surface area contributed by atoms with E-state index in [0.29, 0.717) is 6.04 Å². The van der Waals surface area contributed by atoms with Crippen molar-refractivity contribution in [2.45, 2.75) is 31.7 Å². The summed E-state index contributed by atoms with van der Waals surface area (Å²) < 4.78 is 0. The largest absolute Gasteiger partial charge is 0.335 e. The second-order valence-electron chi connectivity index (χ2n) is 4.17. The molecule has 2 N–H and O–H groups in total. The van der Waals surface area contributed by atoms with E-state index in [1.54, 1.807) is 0 Å². The molecular formula is C10H19N3O. The van der Waals surface area contributed by atoms with Crippen molar-refractivity contribution in [2.24, 2.45) is 0 Å². The lowest BCUT2D eigenvalue weighted by atomic mass is 10.2. The highest BCUT2D eigenvalue weighted by atomic mass is 16.2. The van der Waals surface area contributed by atoms with Crippen molar-refractivity contribution in [1.82, 2.24) is 15.5 Å². The smallest absolute Gasteiger partial charge is 0.317 e. The molecule has 4 heteroatoms. The molecule has 4 nitrogen and oxygen atoms in total. The average Bonchev–Trinajstić information content (AvgIpc) is 2.72. The number of piperazine rings is 1. The second kappa shape index (κ2) is 4.64. The molecule has 0 aromatic heterocycles. The number of rotatable bonds is 1. The summed E-state index contributed by atoms with van der Waals surface area (Å²) in [6.07, 6.45) is 4.87. The molecule has 0 bridgehead atoms. The summed E-state index contributed by atoms with van der Waals surface area (Å²) in [5.41, 5.74) is 0. The van der Waals surface area contributed by atoms with Crippen LogP contribution in [0.25, 0.3) is 0 Å². The Morgan fingerprint density at radius 2 is 1.86 bits per heavy atom. The van der Waals surface area contributed by atoms with E-state index in [0.717, 1.165) is 39.0 Å². The Labute approximate surface area is 85.0 Å². The van der Waals surface area contributed by atoms with Crippen LogP contribution in [-0.4, -0.2) is 43.2 Å². The Hall–Kier alpha value is -0.770. The Bertz CT molecular complexity index is 196. The SMILES string of the molecule is O=C(NC1CCCC1)N1CCNCC1. The van der Waals surface area contributed by atoms with E-state index in [4.69, 9.17) is 0 Å². The normalized spacial score (nSPS) is 23.9. The minimum absolute atomic E-state index is 0.137. The van der Waals surface area contributed by atoms with Gasteiger partial charge in [0.1, 0.15) is 0 Å². The minimum Gasteiger partial charge on any atom is -0.335 e. The van der Waals surface area contributed by atoms with Gasteiger partial charge in [-0.2, -0.15) is 0 Å². The molecule has 14 heavy (non-hydrogen) atoms. The third-order valence-electron chi connectivity index (χ3n) is 3.09. The maximum Gasteiger partial charge on any atom is 0.317 e. The first-order valence-electron chi connectivity index (χ1n) is 5.62. The number of nitrogens with one attached hydrogen (secondary N) is 2. The molecule has 0 spiro atoms. The molecule has 0 atom stereocenters. The summed E-state index contributed by atoms with van der Waals surface area (Å²) in [5, 5.41) is 6.35. The number of urea groups is 1. The molecular weight excluding hydrogens is 178 g/mol. The second-order valence-corrected chi connectivity index (χ2v) is 4.17. The average molecular weight is 197 g/mol. The van der Waals surface area contributed by atoms with Crippen LogP contribution in [0.3, 0.4) is 0 Å². The van der Waals surface area contributed by atoms with E-state index < -0.39 is 0 Å². The molecule has 2 amide bonds. The van der Waals surface area contributed by atoms with Gasteiger partial charge in [0.15, 0.2) is 0 Å². The first kappa shape index (κ1) is 9.77. The van der Waals surface area contributed by atoms with Gasteiger partial charge in [0.05, 0.1) is 0 Å². The number of carbonyl (C=O) groups is 1. The monoisotopic (exact) mass is 197 g/mol. The molecule has 0 aromatic carbocycles. The lowest BCUT2D eigenvalue weighted by Crippen LogP contribution is -2.51.